The summed E-state index contributed by atoms with van der Waals surface area (Å²) in [6.07, 6.45) is 0.935. The number of hydrogen-bond donors (Lipinski definition) is 1. The highest BCUT2D eigenvalue weighted by Gasteiger charge is 2.15. The molecule has 0 unspecified atom stereocenters. The number of aromatic nitrogens is 3. The standard InChI is InChI=1S/C14H20N4OS2/c1-4-10(3)15-12(19)9-21-14-17-16-13(18(14)5-2)11-7-6-8-20-11/h6-8,10H,4-5,9H2,1-3H3,(H,15,19)/t10-/m1/s1. The zero-order valence-electron chi connectivity index (χ0n) is 12.5. The van der Waals surface area contributed by atoms with Crippen molar-refractivity contribution in [1.29, 1.82) is 0 Å². The molecule has 2 rings (SSSR count). The summed E-state index contributed by atoms with van der Waals surface area (Å²) in [6, 6.07) is 4.25. The molecule has 0 bridgehead atoms. The largest absolute Gasteiger partial charge is 0.353 e. The summed E-state index contributed by atoms with van der Waals surface area (Å²) in [4.78, 5) is 12.9. The number of carbonyl (C=O) groups excluding carboxylic acids is 1. The van der Waals surface area contributed by atoms with E-state index < -0.39 is 0 Å². The average Bonchev–Trinajstić information content (AvgIpc) is 3.13. The van der Waals surface area contributed by atoms with Crippen LogP contribution in [0.2, 0.25) is 0 Å². The molecule has 0 saturated heterocycles. The Hall–Kier alpha value is -1.34. The number of rotatable bonds is 7. The number of thiophene rings is 1. The highest BCUT2D eigenvalue weighted by atomic mass is 32.2. The molecule has 0 fully saturated rings. The fourth-order valence-corrected chi connectivity index (χ4v) is 3.35. The molecule has 5 nitrogen and oxygen atoms in total. The van der Waals surface area contributed by atoms with E-state index in [-0.39, 0.29) is 11.9 Å². The molecule has 2 aromatic heterocycles. The second-order valence-corrected chi connectivity index (χ2v) is 6.58. The first-order valence-corrected chi connectivity index (χ1v) is 8.91. The molecule has 0 saturated carbocycles. The smallest absolute Gasteiger partial charge is 0.230 e. The van der Waals surface area contributed by atoms with Gasteiger partial charge in [-0.3, -0.25) is 4.79 Å². The zero-order valence-corrected chi connectivity index (χ0v) is 14.1. The van der Waals surface area contributed by atoms with Crippen LogP contribution in [0, 0.1) is 0 Å². The van der Waals surface area contributed by atoms with Crippen molar-refractivity contribution < 1.29 is 4.79 Å². The first kappa shape index (κ1) is 16.0. The topological polar surface area (TPSA) is 59.8 Å². The normalized spacial score (nSPS) is 12.3. The van der Waals surface area contributed by atoms with E-state index in [1.54, 1.807) is 11.3 Å². The van der Waals surface area contributed by atoms with Gasteiger partial charge < -0.3 is 9.88 Å². The van der Waals surface area contributed by atoms with Crippen LogP contribution in [0.3, 0.4) is 0 Å². The lowest BCUT2D eigenvalue weighted by Gasteiger charge is -2.11. The molecule has 0 aliphatic carbocycles. The van der Waals surface area contributed by atoms with E-state index in [2.05, 4.69) is 29.4 Å². The van der Waals surface area contributed by atoms with E-state index in [0.29, 0.717) is 5.75 Å². The molecule has 1 atom stereocenters. The van der Waals surface area contributed by atoms with Gasteiger partial charge in [0.1, 0.15) is 0 Å². The second kappa shape index (κ2) is 7.61. The molecule has 0 spiro atoms. The van der Waals surface area contributed by atoms with Crippen LogP contribution in [0.1, 0.15) is 27.2 Å². The van der Waals surface area contributed by atoms with Crippen LogP contribution >= 0.6 is 23.1 Å². The predicted molar refractivity (Wildman–Crippen MR) is 87.6 cm³/mol. The van der Waals surface area contributed by atoms with Crippen LogP contribution in [-0.4, -0.2) is 32.5 Å². The fourth-order valence-electron chi connectivity index (χ4n) is 1.82. The molecule has 7 heteroatoms. The average molecular weight is 324 g/mol. The molecule has 0 aliphatic rings. The van der Waals surface area contributed by atoms with Gasteiger partial charge in [-0.2, -0.15) is 0 Å². The zero-order chi connectivity index (χ0) is 15.2. The van der Waals surface area contributed by atoms with Gasteiger partial charge in [0.2, 0.25) is 5.91 Å². The minimum atomic E-state index is 0.0395. The van der Waals surface area contributed by atoms with Gasteiger partial charge in [-0.1, -0.05) is 24.8 Å². The SMILES string of the molecule is CC[C@@H](C)NC(=O)CSc1nnc(-c2cccs2)n1CC. The Bertz CT molecular complexity index is 580. The highest BCUT2D eigenvalue weighted by Crippen LogP contribution is 2.26. The summed E-state index contributed by atoms with van der Waals surface area (Å²) >= 11 is 3.08. The lowest BCUT2D eigenvalue weighted by Crippen LogP contribution is -2.33. The van der Waals surface area contributed by atoms with Gasteiger partial charge in [0.25, 0.3) is 0 Å². The lowest BCUT2D eigenvalue weighted by molar-refractivity contribution is -0.119. The molecule has 114 valence electrons. The molecule has 0 aliphatic heterocycles. The van der Waals surface area contributed by atoms with Crippen LogP contribution in [0.5, 0.6) is 0 Å². The summed E-state index contributed by atoms with van der Waals surface area (Å²) < 4.78 is 2.05. The molecular formula is C14H20N4OS2. The van der Waals surface area contributed by atoms with Gasteiger partial charge in [-0.15, -0.1) is 21.5 Å². The number of thioether (sulfide) groups is 1. The Morgan fingerprint density at radius 1 is 1.48 bits per heavy atom. The summed E-state index contributed by atoms with van der Waals surface area (Å²) in [5, 5.41) is 14.2. The lowest BCUT2D eigenvalue weighted by atomic mass is 10.3. The number of carbonyl (C=O) groups is 1. The van der Waals surface area contributed by atoms with E-state index in [4.69, 9.17) is 0 Å². The van der Waals surface area contributed by atoms with Crippen molar-refractivity contribution in [3.63, 3.8) is 0 Å². The quantitative estimate of drug-likeness (QED) is 0.795. The monoisotopic (exact) mass is 324 g/mol. The minimum absolute atomic E-state index is 0.0395. The number of amides is 1. The molecule has 1 amide bonds. The summed E-state index contributed by atoms with van der Waals surface area (Å²) in [5.74, 6) is 1.28. The molecule has 2 aromatic rings. The third kappa shape index (κ3) is 4.07. The fraction of sp³-hybridized carbons (Fsp3) is 0.500. The van der Waals surface area contributed by atoms with Gasteiger partial charge in [0.05, 0.1) is 10.6 Å². The molecule has 0 aromatic carbocycles. The molecular weight excluding hydrogens is 304 g/mol. The van der Waals surface area contributed by atoms with Gasteiger partial charge in [-0.05, 0) is 31.7 Å². The van der Waals surface area contributed by atoms with Crippen molar-refractivity contribution >= 4 is 29.0 Å². The second-order valence-electron chi connectivity index (χ2n) is 4.69. The maximum atomic E-state index is 11.8. The minimum Gasteiger partial charge on any atom is -0.353 e. The predicted octanol–water partition coefficient (Wildman–Crippen LogP) is 3.03. The van der Waals surface area contributed by atoms with E-state index in [1.807, 2.05) is 29.0 Å². The van der Waals surface area contributed by atoms with Crippen molar-refractivity contribution in [2.75, 3.05) is 5.75 Å². The van der Waals surface area contributed by atoms with Crippen LogP contribution < -0.4 is 5.32 Å². The van der Waals surface area contributed by atoms with Crippen molar-refractivity contribution in [1.82, 2.24) is 20.1 Å². The first-order valence-electron chi connectivity index (χ1n) is 7.04. The van der Waals surface area contributed by atoms with E-state index in [0.717, 1.165) is 28.8 Å². The van der Waals surface area contributed by atoms with Gasteiger partial charge in [-0.25, -0.2) is 0 Å². The van der Waals surface area contributed by atoms with Crippen molar-refractivity contribution in [2.24, 2.45) is 0 Å². The molecule has 21 heavy (non-hydrogen) atoms. The van der Waals surface area contributed by atoms with Crippen LogP contribution in [0.15, 0.2) is 22.7 Å². The Labute approximate surface area is 133 Å². The molecule has 2 heterocycles. The van der Waals surface area contributed by atoms with Crippen molar-refractivity contribution in [3.8, 4) is 10.7 Å². The van der Waals surface area contributed by atoms with Crippen molar-refractivity contribution in [2.45, 2.75) is 44.9 Å². The first-order chi connectivity index (χ1) is 10.2. The number of hydrogen-bond acceptors (Lipinski definition) is 5. The summed E-state index contributed by atoms with van der Waals surface area (Å²) in [7, 11) is 0. The Morgan fingerprint density at radius 2 is 2.29 bits per heavy atom. The van der Waals surface area contributed by atoms with Gasteiger partial charge in [0.15, 0.2) is 11.0 Å². The number of nitrogens with zero attached hydrogens (tertiary/aromatic N) is 3. The third-order valence-electron chi connectivity index (χ3n) is 3.13. The Morgan fingerprint density at radius 3 is 2.90 bits per heavy atom. The molecule has 0 radical (unpaired) electrons. The van der Waals surface area contributed by atoms with E-state index in [1.165, 1.54) is 11.8 Å². The van der Waals surface area contributed by atoms with E-state index in [9.17, 15) is 4.79 Å². The maximum absolute atomic E-state index is 11.8. The van der Waals surface area contributed by atoms with Gasteiger partial charge in [0, 0.05) is 12.6 Å². The number of nitrogens with one attached hydrogen (secondary N) is 1. The Balaban J connectivity index is 2.03. The van der Waals surface area contributed by atoms with Gasteiger partial charge >= 0.3 is 0 Å². The Kier molecular flexibility index (Phi) is 5.81. The van der Waals surface area contributed by atoms with E-state index >= 15 is 0 Å². The highest BCUT2D eigenvalue weighted by molar-refractivity contribution is 7.99. The summed E-state index contributed by atoms with van der Waals surface area (Å²) in [5.41, 5.74) is 0. The molecule has 1 N–H and O–H groups in total. The third-order valence-corrected chi connectivity index (χ3v) is 4.96. The maximum Gasteiger partial charge on any atom is 0.230 e. The summed E-state index contributed by atoms with van der Waals surface area (Å²) in [6.45, 7) is 6.91. The van der Waals surface area contributed by atoms with Crippen LogP contribution in [0.4, 0.5) is 0 Å². The van der Waals surface area contributed by atoms with Crippen LogP contribution in [0.25, 0.3) is 10.7 Å². The van der Waals surface area contributed by atoms with Crippen LogP contribution in [-0.2, 0) is 11.3 Å². The van der Waals surface area contributed by atoms with Crippen molar-refractivity contribution in [3.05, 3.63) is 17.5 Å².